The zero-order valence-corrected chi connectivity index (χ0v) is 18.6. The Hall–Kier alpha value is -2.49. The van der Waals surface area contributed by atoms with Crippen LogP contribution < -0.4 is 0 Å². The summed E-state index contributed by atoms with van der Waals surface area (Å²) in [6.45, 7) is 5.29. The normalized spacial score (nSPS) is 16.4. The summed E-state index contributed by atoms with van der Waals surface area (Å²) in [4.78, 5) is 18.5. The highest BCUT2D eigenvalue weighted by molar-refractivity contribution is 7.90. The number of sulfone groups is 1. The molecule has 1 aliphatic heterocycles. The molecule has 1 fully saturated rings. The van der Waals surface area contributed by atoms with Gasteiger partial charge in [-0.25, -0.2) is 13.4 Å². The minimum atomic E-state index is -3.68. The molecule has 1 atom stereocenters. The Bertz CT molecular complexity index is 982. The van der Waals surface area contributed by atoms with Gasteiger partial charge in [0, 0.05) is 26.8 Å². The average Bonchev–Trinajstić information content (AvgIpc) is 3.39. The molecule has 168 valence electrons. The van der Waals surface area contributed by atoms with Gasteiger partial charge in [0.2, 0.25) is 20.9 Å². The molecule has 1 unspecified atom stereocenters. The minimum absolute atomic E-state index is 0.0255. The number of benzene rings is 1. The van der Waals surface area contributed by atoms with Crippen LogP contribution in [0, 0.1) is 0 Å². The molecule has 0 aliphatic carbocycles. The van der Waals surface area contributed by atoms with Crippen molar-refractivity contribution >= 4 is 15.7 Å². The third kappa shape index (κ3) is 6.03. The molecule has 1 amide bonds. The van der Waals surface area contributed by atoms with Crippen molar-refractivity contribution in [2.75, 3.05) is 26.9 Å². The van der Waals surface area contributed by atoms with E-state index < -0.39 is 9.84 Å². The first-order valence-corrected chi connectivity index (χ1v) is 11.9. The van der Waals surface area contributed by atoms with Gasteiger partial charge in [0.25, 0.3) is 0 Å². The van der Waals surface area contributed by atoms with E-state index in [4.69, 9.17) is 9.47 Å². The SMILES string of the molecule is C=CCn1c(CN(CC2CCCO2)C(=O)COC)cnc1S(=O)(=O)Cc1ccccc1. The average molecular weight is 448 g/mol. The number of methoxy groups -OCH3 is 1. The van der Waals surface area contributed by atoms with Crippen molar-refractivity contribution in [3.8, 4) is 0 Å². The summed E-state index contributed by atoms with van der Waals surface area (Å²) in [7, 11) is -2.21. The molecule has 31 heavy (non-hydrogen) atoms. The van der Waals surface area contributed by atoms with Gasteiger partial charge in [-0.2, -0.15) is 0 Å². The van der Waals surface area contributed by atoms with Crippen molar-refractivity contribution in [3.63, 3.8) is 0 Å². The fourth-order valence-electron chi connectivity index (χ4n) is 3.65. The maximum Gasteiger partial charge on any atom is 0.248 e. The largest absolute Gasteiger partial charge is 0.376 e. The Morgan fingerprint density at radius 1 is 1.39 bits per heavy atom. The third-order valence-electron chi connectivity index (χ3n) is 5.11. The van der Waals surface area contributed by atoms with Gasteiger partial charge in [-0.1, -0.05) is 36.4 Å². The summed E-state index contributed by atoms with van der Waals surface area (Å²) in [6.07, 6.45) is 4.96. The second kappa shape index (κ2) is 10.7. The van der Waals surface area contributed by atoms with Gasteiger partial charge < -0.3 is 18.9 Å². The van der Waals surface area contributed by atoms with Crippen molar-refractivity contribution in [1.82, 2.24) is 14.5 Å². The summed E-state index contributed by atoms with van der Waals surface area (Å²) in [5, 5.41) is -0.0255. The maximum absolute atomic E-state index is 13.1. The first kappa shape index (κ1) is 23.2. The Morgan fingerprint density at radius 3 is 2.81 bits per heavy atom. The van der Waals surface area contributed by atoms with Crippen LogP contribution in [0.4, 0.5) is 0 Å². The standard InChI is InChI=1S/C22H29N3O5S/c1-3-11-25-19(14-24(21(26)16-29-2)15-20-10-7-12-30-20)13-23-22(25)31(27,28)17-18-8-5-4-6-9-18/h3-6,8-9,13,20H,1,7,10-12,14-17H2,2H3. The maximum atomic E-state index is 13.1. The number of imidazole rings is 1. The Morgan fingerprint density at radius 2 is 2.16 bits per heavy atom. The zero-order chi connectivity index (χ0) is 22.3. The van der Waals surface area contributed by atoms with Crippen LogP contribution in [0.25, 0.3) is 0 Å². The first-order valence-electron chi connectivity index (χ1n) is 10.2. The first-order chi connectivity index (χ1) is 14.9. The van der Waals surface area contributed by atoms with Crippen molar-refractivity contribution in [2.45, 2.75) is 42.9 Å². The van der Waals surface area contributed by atoms with Gasteiger partial charge in [0.15, 0.2) is 0 Å². The summed E-state index contributed by atoms with van der Waals surface area (Å²) < 4.78 is 38.5. The fourth-order valence-corrected chi connectivity index (χ4v) is 5.15. The van der Waals surface area contributed by atoms with E-state index in [0.29, 0.717) is 24.4 Å². The summed E-state index contributed by atoms with van der Waals surface area (Å²) in [6, 6.07) is 8.98. The number of nitrogens with zero attached hydrogens (tertiary/aromatic N) is 3. The Kier molecular flexibility index (Phi) is 8.00. The lowest BCUT2D eigenvalue weighted by Gasteiger charge is -2.25. The molecular weight excluding hydrogens is 418 g/mol. The van der Waals surface area contributed by atoms with Crippen molar-refractivity contribution in [3.05, 3.63) is 60.4 Å². The van der Waals surface area contributed by atoms with Crippen molar-refractivity contribution < 1.29 is 22.7 Å². The highest BCUT2D eigenvalue weighted by Gasteiger charge is 2.27. The number of carbonyl (C=O) groups excluding carboxylic acids is 1. The predicted octanol–water partition coefficient (Wildman–Crippen LogP) is 2.20. The van der Waals surface area contributed by atoms with Crippen LogP contribution in [-0.2, 0) is 42.9 Å². The summed E-state index contributed by atoms with van der Waals surface area (Å²) in [5.41, 5.74) is 1.31. The van der Waals surface area contributed by atoms with E-state index in [0.717, 1.165) is 12.8 Å². The van der Waals surface area contributed by atoms with Crippen LogP contribution in [0.15, 0.2) is 54.3 Å². The Labute approximate surface area is 183 Å². The van der Waals surface area contributed by atoms with E-state index in [1.807, 2.05) is 6.07 Å². The molecule has 2 heterocycles. The summed E-state index contributed by atoms with van der Waals surface area (Å²) in [5.74, 6) is -0.332. The van der Waals surface area contributed by atoms with E-state index >= 15 is 0 Å². The molecule has 1 aromatic heterocycles. The number of aromatic nitrogens is 2. The molecule has 2 aromatic rings. The Balaban J connectivity index is 1.86. The van der Waals surface area contributed by atoms with Crippen LogP contribution in [-0.4, -0.2) is 61.7 Å². The van der Waals surface area contributed by atoms with E-state index in [1.54, 1.807) is 39.8 Å². The molecule has 8 nitrogen and oxygen atoms in total. The van der Waals surface area contributed by atoms with Gasteiger partial charge in [0.1, 0.15) is 6.61 Å². The van der Waals surface area contributed by atoms with Gasteiger partial charge >= 0.3 is 0 Å². The van der Waals surface area contributed by atoms with E-state index in [9.17, 15) is 13.2 Å². The molecule has 0 N–H and O–H groups in total. The lowest BCUT2D eigenvalue weighted by molar-refractivity contribution is -0.137. The zero-order valence-electron chi connectivity index (χ0n) is 17.8. The lowest BCUT2D eigenvalue weighted by Crippen LogP contribution is -2.39. The second-order valence-corrected chi connectivity index (χ2v) is 9.40. The quantitative estimate of drug-likeness (QED) is 0.491. The lowest BCUT2D eigenvalue weighted by atomic mass is 10.2. The van der Waals surface area contributed by atoms with Gasteiger partial charge in [-0.15, -0.1) is 6.58 Å². The molecule has 9 heteroatoms. The van der Waals surface area contributed by atoms with Crippen molar-refractivity contribution in [1.29, 1.82) is 0 Å². The number of ether oxygens (including phenoxy) is 2. The number of allylic oxidation sites excluding steroid dienone is 1. The van der Waals surface area contributed by atoms with Crippen LogP contribution >= 0.6 is 0 Å². The van der Waals surface area contributed by atoms with Crippen LogP contribution in [0.1, 0.15) is 24.1 Å². The molecule has 1 aliphatic rings. The van der Waals surface area contributed by atoms with Crippen molar-refractivity contribution in [2.24, 2.45) is 0 Å². The van der Waals surface area contributed by atoms with Gasteiger partial charge in [0.05, 0.1) is 30.3 Å². The van der Waals surface area contributed by atoms with Crippen LogP contribution in [0.2, 0.25) is 0 Å². The van der Waals surface area contributed by atoms with E-state index in [-0.39, 0.29) is 42.6 Å². The highest BCUT2D eigenvalue weighted by atomic mass is 32.2. The number of carbonyl (C=O) groups is 1. The molecule has 0 radical (unpaired) electrons. The monoisotopic (exact) mass is 447 g/mol. The number of hydrogen-bond acceptors (Lipinski definition) is 6. The van der Waals surface area contributed by atoms with Crippen LogP contribution in [0.5, 0.6) is 0 Å². The van der Waals surface area contributed by atoms with E-state index in [1.165, 1.54) is 13.3 Å². The highest BCUT2D eigenvalue weighted by Crippen LogP contribution is 2.20. The molecule has 3 rings (SSSR count). The molecule has 0 saturated carbocycles. The fraction of sp³-hybridized carbons (Fsp3) is 0.455. The smallest absolute Gasteiger partial charge is 0.248 e. The number of hydrogen-bond donors (Lipinski definition) is 0. The molecule has 0 spiro atoms. The van der Waals surface area contributed by atoms with Crippen LogP contribution in [0.3, 0.4) is 0 Å². The number of rotatable bonds is 11. The predicted molar refractivity (Wildman–Crippen MR) is 116 cm³/mol. The molecule has 1 saturated heterocycles. The third-order valence-corrected chi connectivity index (χ3v) is 6.71. The summed E-state index contributed by atoms with van der Waals surface area (Å²) >= 11 is 0. The minimum Gasteiger partial charge on any atom is -0.376 e. The molecule has 1 aromatic carbocycles. The topological polar surface area (TPSA) is 90.7 Å². The van der Waals surface area contributed by atoms with Gasteiger partial charge in [-0.05, 0) is 18.4 Å². The molecule has 0 bridgehead atoms. The van der Waals surface area contributed by atoms with E-state index in [2.05, 4.69) is 11.6 Å². The number of amides is 1. The second-order valence-electron chi connectivity index (χ2n) is 7.52. The van der Waals surface area contributed by atoms with Gasteiger partial charge in [-0.3, -0.25) is 4.79 Å². The molecular formula is C22H29N3O5S.